The van der Waals surface area contributed by atoms with Crippen LogP contribution in [-0.2, 0) is 4.79 Å². The molecule has 1 fully saturated rings. The lowest BCUT2D eigenvalue weighted by Crippen LogP contribution is -2.51. The van der Waals surface area contributed by atoms with Crippen molar-refractivity contribution < 1.29 is 9.90 Å². The highest BCUT2D eigenvalue weighted by atomic mass is 16.4. The maximum atomic E-state index is 11.3. The topological polar surface area (TPSA) is 61.4 Å². The van der Waals surface area contributed by atoms with Gasteiger partial charge in [0, 0.05) is 6.04 Å². The van der Waals surface area contributed by atoms with Crippen molar-refractivity contribution >= 4 is 5.97 Å². The molecule has 0 radical (unpaired) electrons. The van der Waals surface area contributed by atoms with Crippen molar-refractivity contribution in [2.75, 3.05) is 13.1 Å². The number of carboxylic acid groups (broad SMARTS) is 1. The first-order valence-corrected chi connectivity index (χ1v) is 6.66. The molecule has 3 N–H and O–H groups in total. The van der Waals surface area contributed by atoms with Gasteiger partial charge in [-0.3, -0.25) is 4.79 Å². The van der Waals surface area contributed by atoms with Crippen LogP contribution in [0, 0.1) is 5.92 Å². The summed E-state index contributed by atoms with van der Waals surface area (Å²) < 4.78 is 0. The van der Waals surface area contributed by atoms with Crippen LogP contribution < -0.4 is 10.6 Å². The highest BCUT2D eigenvalue weighted by Crippen LogP contribution is 2.18. The molecule has 17 heavy (non-hydrogen) atoms. The summed E-state index contributed by atoms with van der Waals surface area (Å²) >= 11 is 0. The Balaban J connectivity index is 2.20. The molecular formula is C13H26N2O2. The van der Waals surface area contributed by atoms with Crippen LogP contribution in [0.3, 0.4) is 0 Å². The fourth-order valence-corrected chi connectivity index (χ4v) is 2.10. The Morgan fingerprint density at radius 3 is 2.53 bits per heavy atom. The van der Waals surface area contributed by atoms with E-state index in [2.05, 4.69) is 24.5 Å². The molecule has 0 bridgehead atoms. The second-order valence-corrected chi connectivity index (χ2v) is 5.74. The number of hydrogen-bond acceptors (Lipinski definition) is 3. The fourth-order valence-electron chi connectivity index (χ4n) is 2.10. The Hall–Kier alpha value is -0.610. The summed E-state index contributed by atoms with van der Waals surface area (Å²) in [7, 11) is 0. The van der Waals surface area contributed by atoms with Gasteiger partial charge in [0.05, 0.1) is 0 Å². The van der Waals surface area contributed by atoms with E-state index in [9.17, 15) is 9.90 Å². The van der Waals surface area contributed by atoms with Gasteiger partial charge in [-0.2, -0.15) is 0 Å². The van der Waals surface area contributed by atoms with Crippen LogP contribution in [0.15, 0.2) is 0 Å². The van der Waals surface area contributed by atoms with Crippen molar-refractivity contribution in [3.63, 3.8) is 0 Å². The molecule has 0 amide bonds. The van der Waals surface area contributed by atoms with Crippen LogP contribution in [0.2, 0.25) is 0 Å². The van der Waals surface area contributed by atoms with Gasteiger partial charge in [0.1, 0.15) is 5.54 Å². The fraction of sp³-hybridized carbons (Fsp3) is 0.923. The van der Waals surface area contributed by atoms with E-state index >= 15 is 0 Å². The van der Waals surface area contributed by atoms with Crippen LogP contribution in [0.1, 0.15) is 46.5 Å². The first kappa shape index (κ1) is 14.5. The largest absolute Gasteiger partial charge is 0.480 e. The van der Waals surface area contributed by atoms with Crippen LogP contribution in [-0.4, -0.2) is 35.7 Å². The average molecular weight is 242 g/mol. The lowest BCUT2D eigenvalue weighted by molar-refractivity contribution is -0.144. The quantitative estimate of drug-likeness (QED) is 0.538. The molecular weight excluding hydrogens is 216 g/mol. The molecule has 1 unspecified atom stereocenters. The van der Waals surface area contributed by atoms with E-state index in [0.29, 0.717) is 12.3 Å². The van der Waals surface area contributed by atoms with Gasteiger partial charge in [-0.1, -0.05) is 13.8 Å². The van der Waals surface area contributed by atoms with Crippen molar-refractivity contribution in [1.82, 2.24) is 10.6 Å². The Morgan fingerprint density at radius 2 is 2.06 bits per heavy atom. The van der Waals surface area contributed by atoms with Crippen molar-refractivity contribution in [2.45, 2.75) is 58.0 Å². The van der Waals surface area contributed by atoms with E-state index in [4.69, 9.17) is 0 Å². The molecule has 1 rings (SSSR count). The average Bonchev–Trinajstić information content (AvgIpc) is 2.99. The normalized spacial score (nSPS) is 19.3. The predicted octanol–water partition coefficient (Wildman–Crippen LogP) is 1.61. The zero-order valence-electron chi connectivity index (χ0n) is 11.3. The third kappa shape index (κ3) is 5.50. The zero-order chi connectivity index (χ0) is 12.9. The minimum Gasteiger partial charge on any atom is -0.480 e. The first-order chi connectivity index (χ1) is 7.94. The molecule has 0 spiro atoms. The number of carbonyl (C=O) groups is 1. The van der Waals surface area contributed by atoms with E-state index in [1.165, 1.54) is 12.8 Å². The Bertz CT molecular complexity index is 252. The number of rotatable bonds is 9. The lowest BCUT2D eigenvalue weighted by atomic mass is 9.90. The summed E-state index contributed by atoms with van der Waals surface area (Å²) in [5, 5.41) is 15.9. The van der Waals surface area contributed by atoms with Crippen LogP contribution in [0.25, 0.3) is 0 Å². The lowest BCUT2D eigenvalue weighted by Gasteiger charge is -2.28. The molecule has 0 aromatic rings. The number of nitrogens with one attached hydrogen (secondary N) is 2. The van der Waals surface area contributed by atoms with Gasteiger partial charge < -0.3 is 15.7 Å². The molecule has 4 heteroatoms. The standard InChI is InChI=1S/C13H26N2O2/c1-10(2)9-13(3,12(16)17)15-8-4-7-14-11-5-6-11/h10-11,14-15H,4-9H2,1-3H3,(H,16,17). The Morgan fingerprint density at radius 1 is 1.41 bits per heavy atom. The summed E-state index contributed by atoms with van der Waals surface area (Å²) in [5.74, 6) is -0.366. The van der Waals surface area contributed by atoms with E-state index in [-0.39, 0.29) is 0 Å². The van der Waals surface area contributed by atoms with Gasteiger partial charge in [-0.25, -0.2) is 0 Å². The van der Waals surface area contributed by atoms with Crippen LogP contribution >= 0.6 is 0 Å². The molecule has 0 aliphatic heterocycles. The molecule has 1 aliphatic carbocycles. The molecule has 0 saturated heterocycles. The van der Waals surface area contributed by atoms with Gasteiger partial charge in [-0.05, 0) is 51.6 Å². The molecule has 4 nitrogen and oxygen atoms in total. The van der Waals surface area contributed by atoms with Gasteiger partial charge in [0.15, 0.2) is 0 Å². The van der Waals surface area contributed by atoms with E-state index in [1.807, 2.05) is 0 Å². The van der Waals surface area contributed by atoms with Crippen molar-refractivity contribution in [2.24, 2.45) is 5.92 Å². The third-order valence-electron chi connectivity index (χ3n) is 3.17. The Labute approximate surface area is 104 Å². The van der Waals surface area contributed by atoms with E-state index < -0.39 is 11.5 Å². The number of carboxylic acids is 1. The monoisotopic (exact) mass is 242 g/mol. The highest BCUT2D eigenvalue weighted by molar-refractivity contribution is 5.78. The highest BCUT2D eigenvalue weighted by Gasteiger charge is 2.32. The summed E-state index contributed by atoms with van der Waals surface area (Å²) in [6.07, 6.45) is 4.25. The van der Waals surface area contributed by atoms with Crippen molar-refractivity contribution in [3.05, 3.63) is 0 Å². The van der Waals surface area contributed by atoms with E-state index in [0.717, 1.165) is 25.6 Å². The van der Waals surface area contributed by atoms with E-state index in [1.54, 1.807) is 6.92 Å². The van der Waals surface area contributed by atoms with Gasteiger partial charge >= 0.3 is 5.97 Å². The first-order valence-electron chi connectivity index (χ1n) is 6.66. The molecule has 1 saturated carbocycles. The minimum absolute atomic E-state index is 0.383. The van der Waals surface area contributed by atoms with Crippen LogP contribution in [0.4, 0.5) is 0 Å². The number of hydrogen-bond donors (Lipinski definition) is 3. The number of aliphatic carboxylic acids is 1. The summed E-state index contributed by atoms with van der Waals surface area (Å²) in [4.78, 5) is 11.3. The smallest absolute Gasteiger partial charge is 0.323 e. The van der Waals surface area contributed by atoms with Gasteiger partial charge in [0.2, 0.25) is 0 Å². The second kappa shape index (κ2) is 6.36. The zero-order valence-corrected chi connectivity index (χ0v) is 11.3. The maximum absolute atomic E-state index is 11.3. The minimum atomic E-state index is -0.784. The maximum Gasteiger partial charge on any atom is 0.323 e. The molecule has 1 aliphatic rings. The SMILES string of the molecule is CC(C)CC(C)(NCCCNC1CC1)C(=O)O. The summed E-state index contributed by atoms with van der Waals surface area (Å²) in [5.41, 5.74) is -0.784. The molecule has 0 aromatic heterocycles. The van der Waals surface area contributed by atoms with Crippen LogP contribution in [0.5, 0.6) is 0 Å². The van der Waals surface area contributed by atoms with Gasteiger partial charge in [0.25, 0.3) is 0 Å². The van der Waals surface area contributed by atoms with Crippen molar-refractivity contribution in [3.8, 4) is 0 Å². The van der Waals surface area contributed by atoms with Crippen molar-refractivity contribution in [1.29, 1.82) is 0 Å². The predicted molar refractivity (Wildman–Crippen MR) is 69.1 cm³/mol. The third-order valence-corrected chi connectivity index (χ3v) is 3.17. The molecule has 0 aromatic carbocycles. The van der Waals surface area contributed by atoms with Gasteiger partial charge in [-0.15, -0.1) is 0 Å². The summed E-state index contributed by atoms with van der Waals surface area (Å²) in [6.45, 7) is 7.63. The molecule has 1 atom stereocenters. The molecule has 0 heterocycles. The Kier molecular flexibility index (Phi) is 5.40. The second-order valence-electron chi connectivity index (χ2n) is 5.74. The molecule has 100 valence electrons. The summed E-state index contributed by atoms with van der Waals surface area (Å²) in [6, 6.07) is 0.733.